The van der Waals surface area contributed by atoms with Crippen molar-refractivity contribution in [3.63, 3.8) is 0 Å². The largest absolute Gasteiger partial charge is 0.497 e. The second-order valence-electron chi connectivity index (χ2n) is 6.39. The lowest BCUT2D eigenvalue weighted by molar-refractivity contribution is -0.114. The van der Waals surface area contributed by atoms with Gasteiger partial charge in [-0.1, -0.05) is 30.3 Å². The van der Waals surface area contributed by atoms with Crippen LogP contribution in [0.2, 0.25) is 0 Å². The normalized spacial score (nSPS) is 10.9. The van der Waals surface area contributed by atoms with E-state index in [9.17, 15) is 17.6 Å². The van der Waals surface area contributed by atoms with Crippen LogP contribution >= 0.6 is 0 Å². The summed E-state index contributed by atoms with van der Waals surface area (Å²) in [4.78, 5) is 12.7. The summed E-state index contributed by atoms with van der Waals surface area (Å²) in [6, 6.07) is 17.7. The molecular weight excluding hydrogens is 423 g/mol. The van der Waals surface area contributed by atoms with Gasteiger partial charge in [0.25, 0.3) is 10.0 Å². The standard InChI is InChI=1S/C22H21FN2O5S/c1-29-16-12-13-19(21(14-16)30-2)24-22(26)15-25(20-11-7-6-10-18(20)23)31(27,28)17-8-4-3-5-9-17/h3-14H,15H2,1-2H3,(H,24,26). The molecule has 3 aromatic carbocycles. The van der Waals surface area contributed by atoms with Crippen molar-refractivity contribution in [2.24, 2.45) is 0 Å². The number of benzene rings is 3. The van der Waals surface area contributed by atoms with Gasteiger partial charge in [-0.15, -0.1) is 0 Å². The zero-order chi connectivity index (χ0) is 22.4. The maximum absolute atomic E-state index is 14.5. The number of hydrogen-bond acceptors (Lipinski definition) is 5. The number of amides is 1. The lowest BCUT2D eigenvalue weighted by Crippen LogP contribution is -2.38. The highest BCUT2D eigenvalue weighted by molar-refractivity contribution is 7.92. The Kier molecular flexibility index (Phi) is 6.76. The van der Waals surface area contributed by atoms with Crippen LogP contribution in [0.25, 0.3) is 0 Å². The number of nitrogens with zero attached hydrogens (tertiary/aromatic N) is 1. The molecule has 0 saturated carbocycles. The SMILES string of the molecule is COc1ccc(NC(=O)CN(c2ccccc2F)S(=O)(=O)c2ccccc2)c(OC)c1. The van der Waals surface area contributed by atoms with E-state index in [1.807, 2.05) is 0 Å². The van der Waals surface area contributed by atoms with E-state index in [4.69, 9.17) is 9.47 Å². The molecule has 0 aromatic heterocycles. The Morgan fingerprint density at radius 2 is 1.65 bits per heavy atom. The highest BCUT2D eigenvalue weighted by atomic mass is 32.2. The molecular formula is C22H21FN2O5S. The summed E-state index contributed by atoms with van der Waals surface area (Å²) in [5.41, 5.74) is 0.0853. The molecule has 3 aromatic rings. The van der Waals surface area contributed by atoms with E-state index in [2.05, 4.69) is 5.32 Å². The molecule has 0 fully saturated rings. The minimum atomic E-state index is -4.21. The van der Waals surface area contributed by atoms with Gasteiger partial charge in [-0.05, 0) is 36.4 Å². The minimum absolute atomic E-state index is 0.0620. The lowest BCUT2D eigenvalue weighted by atomic mass is 10.2. The zero-order valence-electron chi connectivity index (χ0n) is 16.9. The van der Waals surface area contributed by atoms with Gasteiger partial charge >= 0.3 is 0 Å². The van der Waals surface area contributed by atoms with Gasteiger partial charge in [0.05, 0.1) is 30.5 Å². The molecule has 3 rings (SSSR count). The number of nitrogens with one attached hydrogen (secondary N) is 1. The molecule has 1 N–H and O–H groups in total. The third kappa shape index (κ3) is 4.95. The highest BCUT2D eigenvalue weighted by Gasteiger charge is 2.29. The van der Waals surface area contributed by atoms with Crippen LogP contribution in [0.5, 0.6) is 11.5 Å². The summed E-state index contributed by atoms with van der Waals surface area (Å²) < 4.78 is 52.0. The van der Waals surface area contributed by atoms with Crippen LogP contribution in [-0.4, -0.2) is 35.1 Å². The van der Waals surface area contributed by atoms with Crippen LogP contribution in [0, 0.1) is 5.82 Å². The fourth-order valence-electron chi connectivity index (χ4n) is 2.90. The second-order valence-corrected chi connectivity index (χ2v) is 8.25. The maximum atomic E-state index is 14.5. The summed E-state index contributed by atoms with van der Waals surface area (Å²) >= 11 is 0. The van der Waals surface area contributed by atoms with Crippen molar-refractivity contribution >= 4 is 27.3 Å². The van der Waals surface area contributed by atoms with Crippen LogP contribution in [0.15, 0.2) is 77.7 Å². The van der Waals surface area contributed by atoms with Crippen molar-refractivity contribution in [2.75, 3.05) is 30.4 Å². The number of rotatable bonds is 8. The average molecular weight is 444 g/mol. The van der Waals surface area contributed by atoms with Crippen LogP contribution in [0.4, 0.5) is 15.8 Å². The van der Waals surface area contributed by atoms with E-state index in [0.717, 1.165) is 10.4 Å². The molecule has 7 nitrogen and oxygen atoms in total. The molecule has 0 saturated heterocycles. The van der Waals surface area contributed by atoms with Crippen LogP contribution in [0.1, 0.15) is 0 Å². The number of anilines is 2. The molecule has 162 valence electrons. The summed E-state index contributed by atoms with van der Waals surface area (Å²) in [7, 11) is -1.29. The van der Waals surface area contributed by atoms with E-state index >= 15 is 0 Å². The first kappa shape index (κ1) is 22.1. The van der Waals surface area contributed by atoms with Gasteiger partial charge in [-0.3, -0.25) is 9.10 Å². The number of methoxy groups -OCH3 is 2. The Bertz CT molecular complexity index is 1170. The van der Waals surface area contributed by atoms with Crippen LogP contribution in [-0.2, 0) is 14.8 Å². The number of hydrogen-bond donors (Lipinski definition) is 1. The molecule has 0 atom stereocenters. The van der Waals surface area contributed by atoms with Crippen molar-refractivity contribution in [3.8, 4) is 11.5 Å². The van der Waals surface area contributed by atoms with Crippen molar-refractivity contribution in [2.45, 2.75) is 4.90 Å². The Morgan fingerprint density at radius 1 is 0.968 bits per heavy atom. The van der Waals surface area contributed by atoms with Gasteiger partial charge in [0.15, 0.2) is 0 Å². The molecule has 0 bridgehead atoms. The third-order valence-electron chi connectivity index (χ3n) is 4.42. The smallest absolute Gasteiger partial charge is 0.264 e. The molecule has 0 spiro atoms. The molecule has 9 heteroatoms. The van der Waals surface area contributed by atoms with Crippen molar-refractivity contribution in [1.29, 1.82) is 0 Å². The summed E-state index contributed by atoms with van der Waals surface area (Å²) in [5, 5.41) is 2.61. The molecule has 31 heavy (non-hydrogen) atoms. The Balaban J connectivity index is 1.95. The summed E-state index contributed by atoms with van der Waals surface area (Å²) in [6.07, 6.45) is 0. The zero-order valence-corrected chi connectivity index (χ0v) is 17.7. The highest BCUT2D eigenvalue weighted by Crippen LogP contribution is 2.30. The van der Waals surface area contributed by atoms with Gasteiger partial charge in [0.1, 0.15) is 23.9 Å². The molecule has 0 aliphatic rings. The van der Waals surface area contributed by atoms with E-state index in [1.165, 1.54) is 44.6 Å². The van der Waals surface area contributed by atoms with Crippen molar-refractivity contribution in [1.82, 2.24) is 0 Å². The summed E-state index contributed by atoms with van der Waals surface area (Å²) in [6.45, 7) is -0.645. The molecule has 1 amide bonds. The quantitative estimate of drug-likeness (QED) is 0.573. The first-order valence-electron chi connectivity index (χ1n) is 9.21. The van der Waals surface area contributed by atoms with E-state index in [1.54, 1.807) is 36.4 Å². The first-order valence-corrected chi connectivity index (χ1v) is 10.6. The number of para-hydroxylation sites is 1. The van der Waals surface area contributed by atoms with Crippen LogP contribution < -0.4 is 19.1 Å². The monoisotopic (exact) mass is 444 g/mol. The van der Waals surface area contributed by atoms with Gasteiger partial charge in [0, 0.05) is 6.07 Å². The number of ether oxygens (including phenoxy) is 2. The summed E-state index contributed by atoms with van der Waals surface area (Å²) in [5.74, 6) is -0.589. The fourth-order valence-corrected chi connectivity index (χ4v) is 4.35. The second kappa shape index (κ2) is 9.48. The van der Waals surface area contributed by atoms with Crippen LogP contribution in [0.3, 0.4) is 0 Å². The Hall–Kier alpha value is -3.59. The predicted molar refractivity (Wildman–Crippen MR) is 116 cm³/mol. The van der Waals surface area contributed by atoms with E-state index in [0.29, 0.717) is 17.2 Å². The maximum Gasteiger partial charge on any atom is 0.264 e. The first-order chi connectivity index (χ1) is 14.9. The van der Waals surface area contributed by atoms with Gasteiger partial charge in [-0.25, -0.2) is 12.8 Å². The Labute approximate surface area is 180 Å². The fraction of sp³-hybridized carbons (Fsp3) is 0.136. The van der Waals surface area contributed by atoms with Gasteiger partial charge in [-0.2, -0.15) is 0 Å². The number of carbonyl (C=O) groups is 1. The van der Waals surface area contributed by atoms with Gasteiger partial charge < -0.3 is 14.8 Å². The lowest BCUT2D eigenvalue weighted by Gasteiger charge is -2.24. The van der Waals surface area contributed by atoms with E-state index < -0.39 is 28.3 Å². The molecule has 0 heterocycles. The third-order valence-corrected chi connectivity index (χ3v) is 6.20. The Morgan fingerprint density at radius 3 is 2.29 bits per heavy atom. The molecule has 0 aliphatic heterocycles. The van der Waals surface area contributed by atoms with Gasteiger partial charge in [0.2, 0.25) is 5.91 Å². The molecule has 0 aliphatic carbocycles. The van der Waals surface area contributed by atoms with Crippen molar-refractivity contribution in [3.05, 3.63) is 78.6 Å². The number of sulfonamides is 1. The predicted octanol–water partition coefficient (Wildman–Crippen LogP) is 3.68. The topological polar surface area (TPSA) is 84.9 Å². The van der Waals surface area contributed by atoms with Crippen molar-refractivity contribution < 1.29 is 27.1 Å². The molecule has 0 unspecified atom stereocenters. The number of halogens is 1. The minimum Gasteiger partial charge on any atom is -0.497 e. The number of carbonyl (C=O) groups excluding carboxylic acids is 1. The van der Waals surface area contributed by atoms with E-state index in [-0.39, 0.29) is 10.6 Å². The average Bonchev–Trinajstić information content (AvgIpc) is 2.79. The molecule has 0 radical (unpaired) electrons.